The van der Waals surface area contributed by atoms with Crippen LogP contribution >= 0.6 is 0 Å². The number of piperazine rings is 1. The highest BCUT2D eigenvalue weighted by molar-refractivity contribution is 5.89. The van der Waals surface area contributed by atoms with Crippen molar-refractivity contribution in [3.8, 4) is 11.6 Å². The topological polar surface area (TPSA) is 88.4 Å². The van der Waals surface area contributed by atoms with E-state index in [2.05, 4.69) is 30.0 Å². The Labute approximate surface area is 181 Å². The maximum Gasteiger partial charge on any atom is 0.573 e. The normalized spacial score (nSPS) is 14.4. The molecule has 1 N–H and O–H groups in total. The lowest BCUT2D eigenvalue weighted by molar-refractivity contribution is -0.274. The van der Waals surface area contributed by atoms with Gasteiger partial charge in [-0.25, -0.2) is 19.4 Å². The lowest BCUT2D eigenvalue weighted by atomic mass is 10.3. The zero-order chi connectivity index (χ0) is 22.7. The number of urea groups is 1. The number of carbonyl (C=O) groups excluding carboxylic acids is 1. The van der Waals surface area contributed by atoms with E-state index in [9.17, 15) is 18.0 Å². The third-order valence-electron chi connectivity index (χ3n) is 4.78. The molecule has 1 fully saturated rings. The van der Waals surface area contributed by atoms with Gasteiger partial charge in [0.1, 0.15) is 17.4 Å². The van der Waals surface area contributed by atoms with Gasteiger partial charge in [0.15, 0.2) is 5.82 Å². The lowest BCUT2D eigenvalue weighted by Gasteiger charge is -2.35. The van der Waals surface area contributed by atoms with E-state index in [1.165, 1.54) is 12.1 Å². The van der Waals surface area contributed by atoms with Crippen LogP contribution in [0.15, 0.2) is 48.8 Å². The molecule has 0 unspecified atom stereocenters. The molecule has 4 rings (SSSR count). The summed E-state index contributed by atoms with van der Waals surface area (Å²) in [5.41, 5.74) is 0.377. The second-order valence-corrected chi connectivity index (χ2v) is 7.06. The van der Waals surface area contributed by atoms with E-state index in [1.807, 2.05) is 19.1 Å². The highest BCUT2D eigenvalue weighted by Gasteiger charge is 2.31. The summed E-state index contributed by atoms with van der Waals surface area (Å²) in [6.07, 6.45) is -1.28. The monoisotopic (exact) mass is 447 g/mol. The van der Waals surface area contributed by atoms with E-state index in [0.29, 0.717) is 43.5 Å². The van der Waals surface area contributed by atoms with Crippen LogP contribution < -0.4 is 15.0 Å². The molecule has 0 radical (unpaired) electrons. The summed E-state index contributed by atoms with van der Waals surface area (Å²) >= 11 is 0. The number of rotatable bonds is 4. The molecule has 12 heteroatoms. The average Bonchev–Trinajstić information content (AvgIpc) is 3.29. The van der Waals surface area contributed by atoms with Crippen LogP contribution in [0, 0.1) is 6.92 Å². The number of hydrogen-bond acceptors (Lipinski definition) is 6. The number of nitrogens with zero attached hydrogens (tertiary/aromatic N) is 6. The number of halogens is 3. The van der Waals surface area contributed by atoms with Crippen molar-refractivity contribution < 1.29 is 22.7 Å². The van der Waals surface area contributed by atoms with Crippen LogP contribution in [-0.4, -0.2) is 63.2 Å². The molecule has 0 atom stereocenters. The second-order valence-electron chi connectivity index (χ2n) is 7.06. The van der Waals surface area contributed by atoms with Crippen molar-refractivity contribution in [2.24, 2.45) is 0 Å². The standard InChI is InChI=1S/C20H20F3N7O2/c1-14-25-17(13-18(26-14)30-8-2-7-24-30)28-9-11-29(12-10-28)19(31)27-15-3-5-16(6-4-15)32-20(21,22)23/h2-8,13H,9-12H2,1H3,(H,27,31). The van der Waals surface area contributed by atoms with Gasteiger partial charge in [-0.1, -0.05) is 0 Å². The lowest BCUT2D eigenvalue weighted by Crippen LogP contribution is -2.50. The van der Waals surface area contributed by atoms with Crippen molar-refractivity contribution in [2.75, 3.05) is 36.4 Å². The highest BCUT2D eigenvalue weighted by atomic mass is 19.4. The van der Waals surface area contributed by atoms with Crippen LogP contribution in [0.4, 0.5) is 29.5 Å². The van der Waals surface area contributed by atoms with Crippen LogP contribution in [-0.2, 0) is 0 Å². The molecule has 0 saturated carbocycles. The number of hydrogen-bond donors (Lipinski definition) is 1. The molecule has 3 aromatic rings. The van der Waals surface area contributed by atoms with E-state index in [4.69, 9.17) is 0 Å². The minimum atomic E-state index is -4.76. The smallest absolute Gasteiger partial charge is 0.406 e. The summed E-state index contributed by atoms with van der Waals surface area (Å²) in [4.78, 5) is 25.1. The van der Waals surface area contributed by atoms with Gasteiger partial charge in [-0.15, -0.1) is 13.2 Å². The summed E-state index contributed by atoms with van der Waals surface area (Å²) in [6.45, 7) is 3.87. The number of benzene rings is 1. The van der Waals surface area contributed by atoms with Crippen LogP contribution in [0.25, 0.3) is 5.82 Å². The van der Waals surface area contributed by atoms with Crippen molar-refractivity contribution >= 4 is 17.5 Å². The van der Waals surface area contributed by atoms with Gasteiger partial charge >= 0.3 is 12.4 Å². The summed E-state index contributed by atoms with van der Waals surface area (Å²) in [6, 6.07) is 8.34. The Kier molecular flexibility index (Phi) is 5.84. The average molecular weight is 447 g/mol. The number of aryl methyl sites for hydroxylation is 1. The van der Waals surface area contributed by atoms with Crippen LogP contribution in [0.2, 0.25) is 0 Å². The van der Waals surface area contributed by atoms with Gasteiger partial charge in [-0.3, -0.25) is 0 Å². The molecule has 0 bridgehead atoms. The van der Waals surface area contributed by atoms with E-state index in [-0.39, 0.29) is 11.8 Å². The molecule has 1 saturated heterocycles. The Morgan fingerprint density at radius 2 is 1.75 bits per heavy atom. The SMILES string of the molecule is Cc1nc(N2CCN(C(=O)Nc3ccc(OC(F)(F)F)cc3)CC2)cc(-n2cccn2)n1. The predicted octanol–water partition coefficient (Wildman–Crippen LogP) is 3.22. The molecule has 0 aliphatic carbocycles. The number of alkyl halides is 3. The Balaban J connectivity index is 1.34. The van der Waals surface area contributed by atoms with Crippen molar-refractivity contribution in [1.82, 2.24) is 24.6 Å². The highest BCUT2D eigenvalue weighted by Crippen LogP contribution is 2.24. The number of aromatic nitrogens is 4. The number of amides is 2. The van der Waals surface area contributed by atoms with Crippen molar-refractivity contribution in [3.05, 3.63) is 54.6 Å². The van der Waals surface area contributed by atoms with Gasteiger partial charge < -0.3 is 19.9 Å². The van der Waals surface area contributed by atoms with Crippen LogP contribution in [0.3, 0.4) is 0 Å². The molecule has 2 amide bonds. The van der Waals surface area contributed by atoms with Crippen LogP contribution in [0.5, 0.6) is 5.75 Å². The Bertz CT molecular complexity index is 1060. The minimum Gasteiger partial charge on any atom is -0.406 e. The molecular weight excluding hydrogens is 427 g/mol. The van der Waals surface area contributed by atoms with Gasteiger partial charge in [-0.05, 0) is 37.3 Å². The summed E-state index contributed by atoms with van der Waals surface area (Å²) < 4.78 is 42.2. The maximum absolute atomic E-state index is 12.5. The number of anilines is 2. The van der Waals surface area contributed by atoms with Crippen molar-refractivity contribution in [1.29, 1.82) is 0 Å². The Morgan fingerprint density at radius 1 is 1.06 bits per heavy atom. The van der Waals surface area contributed by atoms with Crippen LogP contribution in [0.1, 0.15) is 5.82 Å². The third kappa shape index (κ3) is 5.25. The summed E-state index contributed by atoms with van der Waals surface area (Å²) in [5, 5.41) is 6.88. The molecule has 1 aliphatic rings. The fraction of sp³-hybridized carbons (Fsp3) is 0.300. The zero-order valence-corrected chi connectivity index (χ0v) is 17.1. The van der Waals surface area contributed by atoms with E-state index >= 15 is 0 Å². The summed E-state index contributed by atoms with van der Waals surface area (Å²) in [5.74, 6) is 1.68. The Hall–Kier alpha value is -3.83. The van der Waals surface area contributed by atoms with Crippen molar-refractivity contribution in [3.63, 3.8) is 0 Å². The first-order valence-electron chi connectivity index (χ1n) is 9.79. The van der Waals surface area contributed by atoms with Gasteiger partial charge in [0.25, 0.3) is 0 Å². The van der Waals surface area contributed by atoms with E-state index in [1.54, 1.807) is 22.0 Å². The van der Waals surface area contributed by atoms with Crippen molar-refractivity contribution in [2.45, 2.75) is 13.3 Å². The first kappa shape index (κ1) is 21.4. The molecule has 1 aliphatic heterocycles. The van der Waals surface area contributed by atoms with Gasteiger partial charge in [0.2, 0.25) is 0 Å². The molecule has 2 aromatic heterocycles. The Morgan fingerprint density at radius 3 is 2.38 bits per heavy atom. The minimum absolute atomic E-state index is 0.328. The predicted molar refractivity (Wildman–Crippen MR) is 110 cm³/mol. The van der Waals surface area contributed by atoms with Gasteiger partial charge in [0, 0.05) is 50.3 Å². The molecule has 3 heterocycles. The third-order valence-corrected chi connectivity index (χ3v) is 4.78. The van der Waals surface area contributed by atoms with Gasteiger partial charge in [-0.2, -0.15) is 5.10 Å². The molecule has 0 spiro atoms. The maximum atomic E-state index is 12.5. The number of carbonyl (C=O) groups is 1. The molecule has 9 nitrogen and oxygen atoms in total. The van der Waals surface area contributed by atoms with E-state index < -0.39 is 6.36 Å². The molecule has 1 aromatic carbocycles. The zero-order valence-electron chi connectivity index (χ0n) is 17.1. The first-order valence-corrected chi connectivity index (χ1v) is 9.79. The number of nitrogens with one attached hydrogen (secondary N) is 1. The van der Waals surface area contributed by atoms with Gasteiger partial charge in [0.05, 0.1) is 0 Å². The molecule has 32 heavy (non-hydrogen) atoms. The largest absolute Gasteiger partial charge is 0.573 e. The van der Waals surface area contributed by atoms with E-state index in [0.717, 1.165) is 18.0 Å². The first-order chi connectivity index (χ1) is 15.3. The molecular formula is C20H20F3N7O2. The fourth-order valence-corrected chi connectivity index (χ4v) is 3.30. The molecule has 168 valence electrons. The number of ether oxygens (including phenoxy) is 1. The fourth-order valence-electron chi connectivity index (χ4n) is 3.30. The second kappa shape index (κ2) is 8.73. The summed E-state index contributed by atoms with van der Waals surface area (Å²) in [7, 11) is 0. The quantitative estimate of drug-likeness (QED) is 0.661.